The van der Waals surface area contributed by atoms with E-state index in [2.05, 4.69) is 29.3 Å². The Balaban J connectivity index is 1.47. The fourth-order valence-electron chi connectivity index (χ4n) is 3.22. The molecule has 4 nitrogen and oxygen atoms in total. The first-order valence-corrected chi connectivity index (χ1v) is 9.41. The molecule has 26 heavy (non-hydrogen) atoms. The van der Waals surface area contributed by atoms with E-state index < -0.39 is 0 Å². The van der Waals surface area contributed by atoms with Crippen LogP contribution >= 0.6 is 0 Å². The van der Waals surface area contributed by atoms with Crippen LogP contribution in [0.25, 0.3) is 0 Å². The first-order valence-electron chi connectivity index (χ1n) is 9.41. The lowest BCUT2D eigenvalue weighted by Gasteiger charge is -2.26. The Bertz CT molecular complexity index is 734. The van der Waals surface area contributed by atoms with Crippen molar-refractivity contribution in [2.24, 2.45) is 0 Å². The number of piperidine rings is 1. The van der Waals surface area contributed by atoms with E-state index in [1.807, 2.05) is 37.3 Å². The summed E-state index contributed by atoms with van der Waals surface area (Å²) in [5.41, 5.74) is 4.47. The SMILES string of the molecule is Cc1ccc(OCC(=O)Nc2ccc(CN3CCCCC3)cc2)cc1C. The van der Waals surface area contributed by atoms with Crippen molar-refractivity contribution in [3.05, 3.63) is 59.2 Å². The van der Waals surface area contributed by atoms with Crippen LogP contribution in [0.5, 0.6) is 5.75 Å². The van der Waals surface area contributed by atoms with Gasteiger partial charge in [-0.15, -0.1) is 0 Å². The number of likely N-dealkylation sites (tertiary alicyclic amines) is 1. The number of nitrogens with one attached hydrogen (secondary N) is 1. The first-order chi connectivity index (χ1) is 12.6. The zero-order valence-corrected chi connectivity index (χ0v) is 15.8. The van der Waals surface area contributed by atoms with E-state index in [-0.39, 0.29) is 12.5 Å². The van der Waals surface area contributed by atoms with Crippen LogP contribution in [-0.4, -0.2) is 30.5 Å². The summed E-state index contributed by atoms with van der Waals surface area (Å²) in [6, 6.07) is 14.0. The van der Waals surface area contributed by atoms with Gasteiger partial charge in [-0.1, -0.05) is 24.6 Å². The van der Waals surface area contributed by atoms with Gasteiger partial charge in [-0.25, -0.2) is 0 Å². The molecule has 0 radical (unpaired) electrons. The largest absolute Gasteiger partial charge is 0.484 e. The molecule has 1 aliphatic heterocycles. The summed E-state index contributed by atoms with van der Waals surface area (Å²) in [6.45, 7) is 7.47. The lowest BCUT2D eigenvalue weighted by Crippen LogP contribution is -2.29. The van der Waals surface area contributed by atoms with Crippen molar-refractivity contribution >= 4 is 11.6 Å². The number of carbonyl (C=O) groups excluding carboxylic acids is 1. The highest BCUT2D eigenvalue weighted by Crippen LogP contribution is 2.17. The number of nitrogens with zero attached hydrogens (tertiary/aromatic N) is 1. The highest BCUT2D eigenvalue weighted by atomic mass is 16.5. The van der Waals surface area contributed by atoms with Crippen molar-refractivity contribution in [2.75, 3.05) is 25.0 Å². The van der Waals surface area contributed by atoms with Crippen LogP contribution in [0, 0.1) is 13.8 Å². The van der Waals surface area contributed by atoms with Crippen LogP contribution in [-0.2, 0) is 11.3 Å². The van der Waals surface area contributed by atoms with Crippen LogP contribution in [0.4, 0.5) is 5.69 Å². The Morgan fingerprint density at radius 1 is 1.00 bits per heavy atom. The van der Waals surface area contributed by atoms with Crippen molar-refractivity contribution in [1.29, 1.82) is 0 Å². The third-order valence-corrected chi connectivity index (χ3v) is 4.94. The Labute approximate surface area is 156 Å². The molecule has 0 aromatic heterocycles. The molecule has 0 aliphatic carbocycles. The fraction of sp³-hybridized carbons (Fsp3) is 0.409. The summed E-state index contributed by atoms with van der Waals surface area (Å²) in [5.74, 6) is 0.576. The summed E-state index contributed by atoms with van der Waals surface area (Å²) in [4.78, 5) is 14.6. The Morgan fingerprint density at radius 3 is 2.42 bits per heavy atom. The molecule has 1 fully saturated rings. The number of benzene rings is 2. The standard InChI is InChI=1S/C22H28N2O2/c1-17-6-11-21(14-18(17)2)26-16-22(25)23-20-9-7-19(8-10-20)15-24-12-4-3-5-13-24/h6-11,14H,3-5,12-13,15-16H2,1-2H3,(H,23,25). The van der Waals surface area contributed by atoms with Gasteiger partial charge in [-0.05, 0) is 80.7 Å². The Hall–Kier alpha value is -2.33. The van der Waals surface area contributed by atoms with E-state index in [9.17, 15) is 4.79 Å². The van der Waals surface area contributed by atoms with Gasteiger partial charge in [-0.2, -0.15) is 0 Å². The molecule has 2 aromatic rings. The maximum absolute atomic E-state index is 12.1. The highest BCUT2D eigenvalue weighted by Gasteiger charge is 2.10. The molecule has 0 unspecified atom stereocenters. The lowest BCUT2D eigenvalue weighted by molar-refractivity contribution is -0.118. The van der Waals surface area contributed by atoms with E-state index in [0.717, 1.165) is 23.5 Å². The third kappa shape index (κ3) is 5.33. The molecule has 1 heterocycles. The third-order valence-electron chi connectivity index (χ3n) is 4.94. The minimum Gasteiger partial charge on any atom is -0.484 e. The number of rotatable bonds is 6. The Morgan fingerprint density at radius 2 is 1.73 bits per heavy atom. The van der Waals surface area contributed by atoms with Gasteiger partial charge in [-0.3, -0.25) is 9.69 Å². The molecule has 0 bridgehead atoms. The van der Waals surface area contributed by atoms with E-state index in [1.165, 1.54) is 43.5 Å². The van der Waals surface area contributed by atoms with E-state index >= 15 is 0 Å². The van der Waals surface area contributed by atoms with E-state index in [4.69, 9.17) is 4.74 Å². The van der Waals surface area contributed by atoms with Crippen molar-refractivity contribution in [2.45, 2.75) is 39.7 Å². The quantitative estimate of drug-likeness (QED) is 0.842. The van der Waals surface area contributed by atoms with Crippen molar-refractivity contribution in [3.8, 4) is 5.75 Å². The topological polar surface area (TPSA) is 41.6 Å². The monoisotopic (exact) mass is 352 g/mol. The summed E-state index contributed by atoms with van der Waals surface area (Å²) in [5, 5.41) is 2.89. The number of ether oxygens (including phenoxy) is 1. The second-order valence-electron chi connectivity index (χ2n) is 7.12. The molecular weight excluding hydrogens is 324 g/mol. The number of hydrogen-bond donors (Lipinski definition) is 1. The van der Waals surface area contributed by atoms with E-state index in [1.54, 1.807) is 0 Å². The van der Waals surface area contributed by atoms with Gasteiger partial charge >= 0.3 is 0 Å². The average Bonchev–Trinajstić information content (AvgIpc) is 2.65. The van der Waals surface area contributed by atoms with Gasteiger partial charge in [0, 0.05) is 12.2 Å². The molecule has 3 rings (SSSR count). The normalized spacial score (nSPS) is 14.8. The Kier molecular flexibility index (Phi) is 6.29. The minimum absolute atomic E-state index is 0.0119. The fourth-order valence-corrected chi connectivity index (χ4v) is 3.22. The molecule has 1 saturated heterocycles. The molecule has 138 valence electrons. The number of amides is 1. The van der Waals surface area contributed by atoms with Gasteiger partial charge in [0.15, 0.2) is 6.61 Å². The van der Waals surface area contributed by atoms with Crippen LogP contribution < -0.4 is 10.1 Å². The second kappa shape index (κ2) is 8.86. The number of aryl methyl sites for hydroxylation is 2. The van der Waals surface area contributed by atoms with Gasteiger partial charge in [0.05, 0.1) is 0 Å². The molecule has 0 saturated carbocycles. The number of anilines is 1. The second-order valence-corrected chi connectivity index (χ2v) is 7.12. The molecule has 0 atom stereocenters. The van der Waals surface area contributed by atoms with Gasteiger partial charge in [0.1, 0.15) is 5.75 Å². The molecule has 0 spiro atoms. The summed E-state index contributed by atoms with van der Waals surface area (Å²) in [6.07, 6.45) is 3.95. The van der Waals surface area contributed by atoms with Crippen molar-refractivity contribution < 1.29 is 9.53 Å². The minimum atomic E-state index is -0.146. The lowest BCUT2D eigenvalue weighted by atomic mass is 10.1. The smallest absolute Gasteiger partial charge is 0.262 e. The predicted octanol–water partition coefficient (Wildman–Crippen LogP) is 4.31. The first kappa shape index (κ1) is 18.5. The van der Waals surface area contributed by atoms with Crippen molar-refractivity contribution in [1.82, 2.24) is 4.90 Å². The number of hydrogen-bond acceptors (Lipinski definition) is 3. The maximum Gasteiger partial charge on any atom is 0.262 e. The van der Waals surface area contributed by atoms with Crippen LogP contribution in [0.3, 0.4) is 0 Å². The van der Waals surface area contributed by atoms with Crippen LogP contribution in [0.2, 0.25) is 0 Å². The van der Waals surface area contributed by atoms with Crippen LogP contribution in [0.15, 0.2) is 42.5 Å². The molecule has 1 aliphatic rings. The molecule has 1 N–H and O–H groups in total. The molecule has 1 amide bonds. The van der Waals surface area contributed by atoms with E-state index in [0.29, 0.717) is 0 Å². The average molecular weight is 352 g/mol. The summed E-state index contributed by atoms with van der Waals surface area (Å²) in [7, 11) is 0. The van der Waals surface area contributed by atoms with Gasteiger partial charge in [0.25, 0.3) is 5.91 Å². The molecule has 2 aromatic carbocycles. The summed E-state index contributed by atoms with van der Waals surface area (Å²) < 4.78 is 5.58. The van der Waals surface area contributed by atoms with Crippen molar-refractivity contribution in [3.63, 3.8) is 0 Å². The zero-order valence-electron chi connectivity index (χ0n) is 15.8. The number of carbonyl (C=O) groups is 1. The highest BCUT2D eigenvalue weighted by molar-refractivity contribution is 5.91. The summed E-state index contributed by atoms with van der Waals surface area (Å²) >= 11 is 0. The van der Waals surface area contributed by atoms with Gasteiger partial charge in [0.2, 0.25) is 0 Å². The van der Waals surface area contributed by atoms with Gasteiger partial charge < -0.3 is 10.1 Å². The molecular formula is C22H28N2O2. The maximum atomic E-state index is 12.1. The molecule has 4 heteroatoms. The predicted molar refractivity (Wildman–Crippen MR) is 106 cm³/mol. The zero-order chi connectivity index (χ0) is 18.4. The van der Waals surface area contributed by atoms with Crippen LogP contribution in [0.1, 0.15) is 36.0 Å².